The first-order chi connectivity index (χ1) is 18.6. The summed E-state index contributed by atoms with van der Waals surface area (Å²) in [6.07, 6.45) is 7.21. The molecular weight excluding hydrogens is 508 g/mol. The Morgan fingerprint density at radius 3 is 2.42 bits per heavy atom. The maximum atomic E-state index is 14.7. The molecule has 0 aromatic rings. The molecule has 0 aromatic heterocycles. The first-order valence-corrected chi connectivity index (χ1v) is 14.9. The van der Waals surface area contributed by atoms with Gasteiger partial charge in [0.1, 0.15) is 17.6 Å². The fourth-order valence-electron chi connectivity index (χ4n) is 7.81. The summed E-state index contributed by atoms with van der Waals surface area (Å²) in [5.74, 6) is -2.47. The van der Waals surface area contributed by atoms with E-state index in [-0.39, 0.29) is 36.4 Å². The number of likely N-dealkylation sites (tertiary alicyclic amines) is 1. The first-order valence-electron chi connectivity index (χ1n) is 14.9. The van der Waals surface area contributed by atoms with Crippen molar-refractivity contribution in [2.45, 2.75) is 110 Å². The van der Waals surface area contributed by atoms with E-state index < -0.39 is 40.6 Å². The number of amides is 2. The minimum absolute atomic E-state index is 0.00167. The number of carbonyl (C=O) groups excluding carboxylic acids is 3. The highest BCUT2D eigenvalue weighted by Crippen LogP contribution is 2.65. The second-order valence-corrected chi connectivity index (χ2v) is 14.1. The molecule has 0 aromatic carbocycles. The number of hydrogen-bond acceptors (Lipinski definition) is 6. The lowest BCUT2D eigenvalue weighted by atomic mass is 9.62. The van der Waals surface area contributed by atoms with E-state index in [1.807, 2.05) is 18.7 Å². The van der Waals surface area contributed by atoms with Crippen LogP contribution in [0, 0.1) is 23.2 Å². The van der Waals surface area contributed by atoms with Crippen LogP contribution in [0.3, 0.4) is 0 Å². The molecule has 3 unspecified atom stereocenters. The van der Waals surface area contributed by atoms with Crippen molar-refractivity contribution in [1.29, 1.82) is 0 Å². The van der Waals surface area contributed by atoms with E-state index in [0.717, 1.165) is 12.8 Å². The molecule has 226 valence electrons. The number of rotatable bonds is 14. The molecule has 40 heavy (non-hydrogen) atoms. The normalized spacial score (nSPS) is 31.3. The molecule has 0 radical (unpaired) electrons. The van der Waals surface area contributed by atoms with Crippen molar-refractivity contribution in [3.05, 3.63) is 25.3 Å². The van der Waals surface area contributed by atoms with Crippen molar-refractivity contribution in [1.82, 2.24) is 9.80 Å². The molecule has 8 nitrogen and oxygen atoms in total. The van der Waals surface area contributed by atoms with Crippen LogP contribution in [0.1, 0.15) is 87.0 Å². The fraction of sp³-hybridized carbons (Fsp3) is 0.781. The largest absolute Gasteiger partial charge is 0.465 e. The van der Waals surface area contributed by atoms with Crippen molar-refractivity contribution in [3.63, 3.8) is 0 Å². The van der Waals surface area contributed by atoms with Gasteiger partial charge in [-0.15, -0.1) is 13.2 Å². The number of fused-ring (bicyclic) bond motifs is 1. The van der Waals surface area contributed by atoms with Crippen LogP contribution >= 0.6 is 0 Å². The fourth-order valence-corrected chi connectivity index (χ4v) is 7.81. The molecule has 8 heteroatoms. The van der Waals surface area contributed by atoms with Crippen LogP contribution in [0.5, 0.6) is 0 Å². The number of unbranched alkanes of at least 4 members (excludes halogenated alkanes) is 2. The minimum atomic E-state index is -1.12. The molecule has 1 N–H and O–H groups in total. The van der Waals surface area contributed by atoms with E-state index in [1.54, 1.807) is 17.1 Å². The number of aliphatic hydroxyl groups is 1. The van der Waals surface area contributed by atoms with Crippen LogP contribution in [-0.4, -0.2) is 81.8 Å². The number of allylic oxidation sites excluding steroid dienone is 1. The van der Waals surface area contributed by atoms with E-state index in [4.69, 9.17) is 9.47 Å². The Morgan fingerprint density at radius 2 is 1.85 bits per heavy atom. The molecule has 1 spiro atoms. The number of ether oxygens (including phenoxy) is 2. The molecule has 3 aliphatic heterocycles. The van der Waals surface area contributed by atoms with Crippen LogP contribution in [-0.2, 0) is 23.9 Å². The van der Waals surface area contributed by atoms with E-state index in [2.05, 4.69) is 47.8 Å². The molecule has 0 saturated carbocycles. The van der Waals surface area contributed by atoms with E-state index >= 15 is 0 Å². The third kappa shape index (κ3) is 5.76. The molecule has 6 atom stereocenters. The zero-order chi connectivity index (χ0) is 30.1. The van der Waals surface area contributed by atoms with Gasteiger partial charge in [0.2, 0.25) is 11.8 Å². The highest BCUT2D eigenvalue weighted by atomic mass is 16.6. The van der Waals surface area contributed by atoms with Crippen molar-refractivity contribution in [2.24, 2.45) is 23.2 Å². The second-order valence-electron chi connectivity index (χ2n) is 14.1. The molecule has 3 heterocycles. The van der Waals surface area contributed by atoms with Crippen molar-refractivity contribution in [2.75, 3.05) is 26.3 Å². The lowest BCUT2D eigenvalue weighted by Gasteiger charge is -2.45. The summed E-state index contributed by atoms with van der Waals surface area (Å²) in [4.78, 5) is 46.1. The van der Waals surface area contributed by atoms with Gasteiger partial charge in [0.15, 0.2) is 0 Å². The second kappa shape index (κ2) is 12.0. The molecule has 3 rings (SSSR count). The molecule has 3 fully saturated rings. The summed E-state index contributed by atoms with van der Waals surface area (Å²) in [6, 6.07) is -0.870. The number of carbonyl (C=O) groups is 3. The predicted molar refractivity (Wildman–Crippen MR) is 155 cm³/mol. The predicted octanol–water partition coefficient (Wildman–Crippen LogP) is 4.51. The molecule has 3 saturated heterocycles. The topological polar surface area (TPSA) is 96.4 Å². The number of hydrogen-bond donors (Lipinski definition) is 1. The van der Waals surface area contributed by atoms with Crippen LogP contribution in [0.2, 0.25) is 0 Å². The van der Waals surface area contributed by atoms with E-state index in [9.17, 15) is 19.5 Å². The average Bonchev–Trinajstić information content (AvgIpc) is 3.35. The SMILES string of the molecule is C=CCCCOC(=O)[C@@H]1[C@H]2C(=O)N(CCCCO)C(C(=O)N(CC=C)C(C)(C)CC(C)(C)C)C23CC(C)[C@@]1(C)O3. The smallest absolute Gasteiger partial charge is 0.312 e. The molecular formula is C32H52N2O6. The van der Waals surface area contributed by atoms with Crippen molar-refractivity contribution >= 4 is 17.8 Å². The quantitative estimate of drug-likeness (QED) is 0.191. The van der Waals surface area contributed by atoms with Gasteiger partial charge in [0, 0.05) is 25.2 Å². The first kappa shape index (κ1) is 32.3. The van der Waals surface area contributed by atoms with Crippen molar-refractivity contribution in [3.8, 4) is 0 Å². The molecule has 2 amide bonds. The third-order valence-corrected chi connectivity index (χ3v) is 9.18. The Hall–Kier alpha value is -2.19. The minimum Gasteiger partial charge on any atom is -0.465 e. The van der Waals surface area contributed by atoms with Gasteiger partial charge in [-0.3, -0.25) is 14.4 Å². The monoisotopic (exact) mass is 560 g/mol. The summed E-state index contributed by atoms with van der Waals surface area (Å²) >= 11 is 0. The maximum absolute atomic E-state index is 14.7. The number of esters is 1. The maximum Gasteiger partial charge on any atom is 0.312 e. The lowest BCUT2D eigenvalue weighted by molar-refractivity contribution is -0.163. The van der Waals surface area contributed by atoms with Gasteiger partial charge in [-0.25, -0.2) is 0 Å². The zero-order valence-corrected chi connectivity index (χ0v) is 25.8. The Labute approximate surface area is 241 Å². The third-order valence-electron chi connectivity index (χ3n) is 9.18. The Kier molecular flexibility index (Phi) is 9.67. The summed E-state index contributed by atoms with van der Waals surface area (Å²) in [6.45, 7) is 23.0. The Balaban J connectivity index is 2.07. The Bertz CT molecular complexity index is 986. The van der Waals surface area contributed by atoms with Crippen LogP contribution in [0.15, 0.2) is 25.3 Å². The van der Waals surface area contributed by atoms with E-state index in [0.29, 0.717) is 38.8 Å². The highest BCUT2D eigenvalue weighted by Gasteiger charge is 2.80. The van der Waals surface area contributed by atoms with Gasteiger partial charge in [-0.2, -0.15) is 0 Å². The molecule has 2 bridgehead atoms. The van der Waals surface area contributed by atoms with Gasteiger partial charge in [-0.05, 0) is 70.6 Å². The molecule has 3 aliphatic rings. The van der Waals surface area contributed by atoms with Gasteiger partial charge in [-0.1, -0.05) is 39.8 Å². The summed E-state index contributed by atoms with van der Waals surface area (Å²) in [5, 5.41) is 9.44. The lowest BCUT2D eigenvalue weighted by Crippen LogP contribution is -2.61. The van der Waals surface area contributed by atoms with E-state index in [1.165, 1.54) is 0 Å². The van der Waals surface area contributed by atoms with Gasteiger partial charge >= 0.3 is 5.97 Å². The summed E-state index contributed by atoms with van der Waals surface area (Å²) in [7, 11) is 0. The number of aliphatic hydroxyl groups excluding tert-OH is 1. The number of nitrogens with zero attached hydrogens (tertiary/aromatic N) is 2. The zero-order valence-electron chi connectivity index (χ0n) is 25.8. The van der Waals surface area contributed by atoms with Gasteiger partial charge in [0.25, 0.3) is 0 Å². The van der Waals surface area contributed by atoms with Crippen LogP contribution in [0.4, 0.5) is 0 Å². The van der Waals surface area contributed by atoms with Crippen molar-refractivity contribution < 1.29 is 29.0 Å². The molecule has 0 aliphatic carbocycles. The highest BCUT2D eigenvalue weighted by molar-refractivity contribution is 5.98. The van der Waals surface area contributed by atoms with Gasteiger partial charge < -0.3 is 24.4 Å². The van der Waals surface area contributed by atoms with Crippen LogP contribution in [0.25, 0.3) is 0 Å². The summed E-state index contributed by atoms with van der Waals surface area (Å²) in [5.41, 5.74) is -2.59. The average molecular weight is 561 g/mol. The standard InChI is InChI=1S/C32H52N2O6/c1-10-12-15-19-39-28(38)24-23-26(36)33(17-13-14-18-35)25(32(23)20-22(3)31(24,9)40-32)27(37)34(16-11-2)30(7,8)21-29(4,5)6/h10-11,22-25,35H,1-2,12-21H2,3-9H3/t22?,23-,24-,25?,31+,32?/m0/s1. The van der Waals surface area contributed by atoms with Crippen LogP contribution < -0.4 is 0 Å². The van der Waals surface area contributed by atoms with Gasteiger partial charge in [0.05, 0.1) is 18.1 Å². The summed E-state index contributed by atoms with van der Waals surface area (Å²) < 4.78 is 12.5. The Morgan fingerprint density at radius 1 is 1.18 bits per heavy atom.